The first-order chi connectivity index (χ1) is 4.41. The molecule has 0 aliphatic carbocycles. The van der Waals surface area contributed by atoms with Crippen LogP contribution in [-0.2, 0) is 4.74 Å². The van der Waals surface area contributed by atoms with Crippen LogP contribution in [0, 0.1) is 0 Å². The Bertz CT molecular complexity index is 46.3. The van der Waals surface area contributed by atoms with E-state index >= 15 is 0 Å². The molecule has 0 saturated heterocycles. The zero-order chi connectivity index (χ0) is 6.95. The molecule has 0 spiro atoms. The molecule has 1 N–H and O–H groups in total. The first kappa shape index (κ1) is 8.85. The largest absolute Gasteiger partial charge is 0.385 e. The molecule has 0 heterocycles. The van der Waals surface area contributed by atoms with Gasteiger partial charge in [0.1, 0.15) is 6.67 Å². The third-order valence-electron chi connectivity index (χ3n) is 0.973. The topological polar surface area (TPSA) is 21.3 Å². The van der Waals surface area contributed by atoms with Crippen LogP contribution in [0.25, 0.3) is 0 Å². The number of halogens is 1. The number of nitrogens with one attached hydrogen (secondary N) is 1. The van der Waals surface area contributed by atoms with E-state index in [-0.39, 0.29) is 6.67 Å². The van der Waals surface area contributed by atoms with E-state index in [2.05, 4.69) is 5.32 Å². The summed E-state index contributed by atoms with van der Waals surface area (Å²) in [6.45, 7) is 1.77. The lowest BCUT2D eigenvalue weighted by molar-refractivity contribution is 0.194. The van der Waals surface area contributed by atoms with E-state index < -0.39 is 0 Å². The van der Waals surface area contributed by atoms with E-state index in [9.17, 15) is 4.39 Å². The molecule has 0 bridgehead atoms. The monoisotopic (exact) mass is 135 g/mol. The van der Waals surface area contributed by atoms with E-state index in [0.717, 1.165) is 19.6 Å². The van der Waals surface area contributed by atoms with Crippen LogP contribution in [0.3, 0.4) is 0 Å². The van der Waals surface area contributed by atoms with Crippen molar-refractivity contribution in [1.82, 2.24) is 5.32 Å². The minimum absolute atomic E-state index is 0.285. The Morgan fingerprint density at radius 3 is 2.78 bits per heavy atom. The van der Waals surface area contributed by atoms with Gasteiger partial charge >= 0.3 is 0 Å². The Hall–Kier alpha value is -0.150. The van der Waals surface area contributed by atoms with E-state index in [0.29, 0.717) is 6.54 Å². The van der Waals surface area contributed by atoms with Gasteiger partial charge in [-0.25, -0.2) is 4.39 Å². The van der Waals surface area contributed by atoms with Crippen molar-refractivity contribution in [2.24, 2.45) is 0 Å². The van der Waals surface area contributed by atoms with Gasteiger partial charge in [-0.15, -0.1) is 0 Å². The number of hydrogen-bond acceptors (Lipinski definition) is 2. The molecule has 0 aromatic carbocycles. The van der Waals surface area contributed by atoms with Gasteiger partial charge in [-0.2, -0.15) is 0 Å². The summed E-state index contributed by atoms with van der Waals surface area (Å²) >= 11 is 0. The third kappa shape index (κ3) is 7.85. The Morgan fingerprint density at radius 1 is 1.44 bits per heavy atom. The highest BCUT2D eigenvalue weighted by molar-refractivity contribution is 4.44. The summed E-state index contributed by atoms with van der Waals surface area (Å²) in [5.74, 6) is 0. The van der Waals surface area contributed by atoms with Gasteiger partial charge in [0.2, 0.25) is 0 Å². The lowest BCUT2D eigenvalue weighted by atomic mass is 10.4. The average Bonchev–Trinajstić information content (AvgIpc) is 1.89. The van der Waals surface area contributed by atoms with Crippen molar-refractivity contribution in [1.29, 1.82) is 0 Å². The van der Waals surface area contributed by atoms with Crippen LogP contribution in [0.5, 0.6) is 0 Å². The maximum atomic E-state index is 11.4. The van der Waals surface area contributed by atoms with Crippen molar-refractivity contribution in [2.75, 3.05) is 33.5 Å². The van der Waals surface area contributed by atoms with Crippen LogP contribution in [0.15, 0.2) is 0 Å². The van der Waals surface area contributed by atoms with Gasteiger partial charge in [0.25, 0.3) is 0 Å². The molecule has 2 nitrogen and oxygen atoms in total. The maximum absolute atomic E-state index is 11.4. The molecule has 0 radical (unpaired) electrons. The predicted octanol–water partition coefficient (Wildman–Crippen LogP) is 0.582. The molecule has 0 aliphatic heterocycles. The summed E-state index contributed by atoms with van der Waals surface area (Å²) in [4.78, 5) is 0. The molecule has 0 saturated carbocycles. The van der Waals surface area contributed by atoms with Crippen LogP contribution >= 0.6 is 0 Å². The van der Waals surface area contributed by atoms with Crippen LogP contribution in [-0.4, -0.2) is 33.5 Å². The lowest BCUT2D eigenvalue weighted by Gasteiger charge is -1.99. The molecule has 0 unspecified atom stereocenters. The Kier molecular flexibility index (Phi) is 7.72. The fourth-order valence-corrected chi connectivity index (χ4v) is 0.533. The molecular formula is C6H14FNO. The highest BCUT2D eigenvalue weighted by Crippen LogP contribution is 1.75. The van der Waals surface area contributed by atoms with Gasteiger partial charge in [0.05, 0.1) is 0 Å². The summed E-state index contributed by atoms with van der Waals surface area (Å²) in [5, 5.41) is 2.91. The van der Waals surface area contributed by atoms with Crippen molar-refractivity contribution in [3.8, 4) is 0 Å². The van der Waals surface area contributed by atoms with Gasteiger partial charge in [-0.05, 0) is 13.0 Å². The van der Waals surface area contributed by atoms with Crippen molar-refractivity contribution in [3.63, 3.8) is 0 Å². The SMILES string of the molecule is COCCCNCCF. The standard InChI is InChI=1S/C6H14FNO/c1-9-6-2-4-8-5-3-7/h8H,2-6H2,1H3. The van der Waals surface area contributed by atoms with Crippen LogP contribution in [0.2, 0.25) is 0 Å². The number of hydrogen-bond donors (Lipinski definition) is 1. The molecule has 56 valence electrons. The third-order valence-corrected chi connectivity index (χ3v) is 0.973. The lowest BCUT2D eigenvalue weighted by Crippen LogP contribution is -2.18. The highest BCUT2D eigenvalue weighted by Gasteiger charge is 1.84. The van der Waals surface area contributed by atoms with Crippen LogP contribution in [0.4, 0.5) is 4.39 Å². The number of rotatable bonds is 6. The van der Waals surface area contributed by atoms with Gasteiger partial charge in [0, 0.05) is 20.3 Å². The fraction of sp³-hybridized carbons (Fsp3) is 1.00. The molecular weight excluding hydrogens is 121 g/mol. The molecule has 0 rings (SSSR count). The van der Waals surface area contributed by atoms with E-state index in [1.54, 1.807) is 7.11 Å². The minimum atomic E-state index is -0.285. The maximum Gasteiger partial charge on any atom is 0.102 e. The van der Waals surface area contributed by atoms with Crippen LogP contribution < -0.4 is 5.32 Å². The summed E-state index contributed by atoms with van der Waals surface area (Å²) in [5.41, 5.74) is 0. The molecule has 0 aliphatic rings. The summed E-state index contributed by atoms with van der Waals surface area (Å²) < 4.78 is 16.2. The Labute approximate surface area is 55.4 Å². The smallest absolute Gasteiger partial charge is 0.102 e. The first-order valence-electron chi connectivity index (χ1n) is 3.17. The van der Waals surface area contributed by atoms with Gasteiger partial charge in [-0.1, -0.05) is 0 Å². The molecule has 0 aromatic heterocycles. The van der Waals surface area contributed by atoms with Crippen molar-refractivity contribution in [3.05, 3.63) is 0 Å². The molecule has 3 heteroatoms. The summed E-state index contributed by atoms with van der Waals surface area (Å²) in [6, 6.07) is 0. The van der Waals surface area contributed by atoms with Gasteiger partial charge < -0.3 is 10.1 Å². The minimum Gasteiger partial charge on any atom is -0.385 e. The molecule has 0 fully saturated rings. The highest BCUT2D eigenvalue weighted by atomic mass is 19.1. The Balaban J connectivity index is 2.60. The summed E-state index contributed by atoms with van der Waals surface area (Å²) in [6.07, 6.45) is 0.955. The molecule has 0 aromatic rings. The van der Waals surface area contributed by atoms with Gasteiger partial charge in [-0.3, -0.25) is 0 Å². The normalized spacial score (nSPS) is 10.0. The number of alkyl halides is 1. The van der Waals surface area contributed by atoms with Crippen molar-refractivity contribution in [2.45, 2.75) is 6.42 Å². The van der Waals surface area contributed by atoms with Crippen LogP contribution in [0.1, 0.15) is 6.42 Å². The summed E-state index contributed by atoms with van der Waals surface area (Å²) in [7, 11) is 1.66. The fourth-order valence-electron chi connectivity index (χ4n) is 0.533. The second-order valence-electron chi connectivity index (χ2n) is 1.79. The quantitative estimate of drug-likeness (QED) is 0.538. The predicted molar refractivity (Wildman–Crippen MR) is 35.3 cm³/mol. The number of ether oxygens (including phenoxy) is 1. The second kappa shape index (κ2) is 7.85. The van der Waals surface area contributed by atoms with E-state index in [1.165, 1.54) is 0 Å². The molecule has 0 amide bonds. The van der Waals surface area contributed by atoms with E-state index in [4.69, 9.17) is 4.74 Å². The average molecular weight is 135 g/mol. The first-order valence-corrected chi connectivity index (χ1v) is 3.17. The Morgan fingerprint density at radius 2 is 2.22 bits per heavy atom. The van der Waals surface area contributed by atoms with E-state index in [1.807, 2.05) is 0 Å². The number of methoxy groups -OCH3 is 1. The molecule has 9 heavy (non-hydrogen) atoms. The van der Waals surface area contributed by atoms with Crippen molar-refractivity contribution < 1.29 is 9.13 Å². The zero-order valence-corrected chi connectivity index (χ0v) is 5.82. The molecule has 0 atom stereocenters. The van der Waals surface area contributed by atoms with Gasteiger partial charge in [0.15, 0.2) is 0 Å². The van der Waals surface area contributed by atoms with Crippen molar-refractivity contribution >= 4 is 0 Å². The second-order valence-corrected chi connectivity index (χ2v) is 1.79. The zero-order valence-electron chi connectivity index (χ0n) is 5.82.